The van der Waals surface area contributed by atoms with Gasteiger partial charge in [0.1, 0.15) is 5.69 Å². The first-order chi connectivity index (χ1) is 10.2. The van der Waals surface area contributed by atoms with Crippen LogP contribution in [0.25, 0.3) is 10.8 Å². The smallest absolute Gasteiger partial charge is 0.276 e. The van der Waals surface area contributed by atoms with Crippen LogP contribution in [0.2, 0.25) is 0 Å². The van der Waals surface area contributed by atoms with Gasteiger partial charge in [-0.25, -0.2) is 10.4 Å². The second-order valence-corrected chi connectivity index (χ2v) is 4.57. The van der Waals surface area contributed by atoms with E-state index in [9.17, 15) is 14.5 Å². The summed E-state index contributed by atoms with van der Waals surface area (Å²) in [5.74, 6) is -1.05. The van der Waals surface area contributed by atoms with Gasteiger partial charge in [0.2, 0.25) is 0 Å². The third-order valence-corrected chi connectivity index (χ3v) is 3.32. The number of benzene rings is 2. The minimum atomic E-state index is -0.567. The normalized spacial score (nSPS) is 13.9. The fraction of sp³-hybridized carbons (Fsp3) is 0.143. The van der Waals surface area contributed by atoms with Crippen molar-refractivity contribution in [2.24, 2.45) is 5.18 Å². The highest BCUT2D eigenvalue weighted by atomic mass is 16.3. The van der Waals surface area contributed by atoms with E-state index in [0.717, 1.165) is 5.01 Å². The Kier molecular flexibility index (Phi) is 3.20. The summed E-state index contributed by atoms with van der Waals surface area (Å²) < 4.78 is 0. The monoisotopic (exact) mass is 285 g/mol. The lowest BCUT2D eigenvalue weighted by Gasteiger charge is -2.27. The van der Waals surface area contributed by atoms with Crippen LogP contribution in [0, 0.1) is 4.91 Å². The Morgan fingerprint density at radius 2 is 1.90 bits per heavy atom. The summed E-state index contributed by atoms with van der Waals surface area (Å²) in [5.41, 5.74) is 3.30. The number of hydrogen-bond acceptors (Lipinski definition) is 6. The zero-order chi connectivity index (χ0) is 15.0. The van der Waals surface area contributed by atoms with Gasteiger partial charge in [0.15, 0.2) is 0 Å². The van der Waals surface area contributed by atoms with Crippen molar-refractivity contribution in [3.05, 3.63) is 46.4 Å². The van der Waals surface area contributed by atoms with Crippen LogP contribution in [0.3, 0.4) is 0 Å². The van der Waals surface area contributed by atoms with E-state index in [-0.39, 0.29) is 24.4 Å². The van der Waals surface area contributed by atoms with E-state index in [1.807, 2.05) is 0 Å². The number of nitroso groups, excluding NO2 is 1. The van der Waals surface area contributed by atoms with Crippen molar-refractivity contribution in [2.75, 3.05) is 13.2 Å². The molecule has 106 valence electrons. The predicted molar refractivity (Wildman–Crippen MR) is 75.0 cm³/mol. The molecule has 21 heavy (non-hydrogen) atoms. The van der Waals surface area contributed by atoms with Gasteiger partial charge < -0.3 is 5.11 Å². The molecule has 0 atom stereocenters. The van der Waals surface area contributed by atoms with Crippen LogP contribution in [0.5, 0.6) is 0 Å². The van der Waals surface area contributed by atoms with Crippen molar-refractivity contribution in [2.45, 2.75) is 0 Å². The molecular weight excluding hydrogens is 274 g/mol. The van der Waals surface area contributed by atoms with Crippen LogP contribution in [0.1, 0.15) is 20.7 Å². The number of rotatable bonds is 4. The summed E-state index contributed by atoms with van der Waals surface area (Å²) in [5, 5.41) is 13.7. The van der Waals surface area contributed by atoms with Crippen molar-refractivity contribution < 1.29 is 14.7 Å². The van der Waals surface area contributed by atoms with Gasteiger partial charge in [-0.2, -0.15) is 0 Å². The molecule has 2 aromatic carbocycles. The summed E-state index contributed by atoms with van der Waals surface area (Å²) in [7, 11) is 0. The third-order valence-electron chi connectivity index (χ3n) is 3.32. The molecule has 0 unspecified atom stereocenters. The van der Waals surface area contributed by atoms with Gasteiger partial charge in [-0.1, -0.05) is 12.1 Å². The van der Waals surface area contributed by atoms with Gasteiger partial charge in [-0.05, 0) is 28.8 Å². The Morgan fingerprint density at radius 1 is 1.14 bits per heavy atom. The number of hydrogen-bond donors (Lipinski definition) is 2. The largest absolute Gasteiger partial charge is 0.395 e. The fourth-order valence-corrected chi connectivity index (χ4v) is 2.45. The van der Waals surface area contributed by atoms with Crippen LogP contribution < -0.4 is 5.43 Å². The fourth-order valence-electron chi connectivity index (χ4n) is 2.45. The molecule has 3 rings (SSSR count). The minimum Gasteiger partial charge on any atom is -0.395 e. The minimum absolute atomic E-state index is 0.0639. The Bertz CT molecular complexity index is 772. The molecule has 2 aromatic rings. The standard InChI is InChI=1S/C14H11N3O4/c18-5-4-15-17-13(19)10-3-1-2-8-6-9(16-21)7-11(12(8)10)14(17)20/h1-3,6-7,15,18H,4-5H2. The molecule has 1 heterocycles. The van der Waals surface area contributed by atoms with E-state index in [1.165, 1.54) is 12.1 Å². The molecule has 1 aliphatic heterocycles. The van der Waals surface area contributed by atoms with Crippen LogP contribution in [0.15, 0.2) is 35.5 Å². The molecule has 0 bridgehead atoms. The Labute approximate surface area is 119 Å². The van der Waals surface area contributed by atoms with E-state index in [1.54, 1.807) is 18.2 Å². The molecule has 0 aliphatic carbocycles. The lowest BCUT2D eigenvalue weighted by Crippen LogP contribution is -2.50. The molecule has 7 nitrogen and oxygen atoms in total. The summed E-state index contributed by atoms with van der Waals surface area (Å²) in [4.78, 5) is 35.5. The number of hydrazine groups is 1. The highest BCUT2D eigenvalue weighted by molar-refractivity contribution is 6.25. The first kappa shape index (κ1) is 13.3. The molecule has 0 saturated heterocycles. The van der Waals surface area contributed by atoms with Crippen molar-refractivity contribution in [3.8, 4) is 0 Å². The molecule has 0 spiro atoms. The van der Waals surface area contributed by atoms with E-state index < -0.39 is 11.8 Å². The maximum atomic E-state index is 12.4. The van der Waals surface area contributed by atoms with Gasteiger partial charge in [0.05, 0.1) is 17.7 Å². The third kappa shape index (κ3) is 1.99. The quantitative estimate of drug-likeness (QED) is 0.652. The van der Waals surface area contributed by atoms with Gasteiger partial charge in [-0.3, -0.25) is 9.59 Å². The average Bonchev–Trinajstić information content (AvgIpc) is 2.51. The molecule has 2 amide bonds. The maximum absolute atomic E-state index is 12.4. The summed E-state index contributed by atoms with van der Waals surface area (Å²) in [6, 6.07) is 7.90. The SMILES string of the molecule is O=Nc1cc2c3c(cccc3c1)C(=O)N(NCCO)C2=O. The summed E-state index contributed by atoms with van der Waals surface area (Å²) in [6.07, 6.45) is 0. The number of aliphatic hydroxyl groups is 1. The number of carbonyl (C=O) groups excluding carboxylic acids is 2. The average molecular weight is 285 g/mol. The van der Waals surface area contributed by atoms with Gasteiger partial charge in [-0.15, -0.1) is 4.91 Å². The molecule has 1 aliphatic rings. The Morgan fingerprint density at radius 3 is 2.62 bits per heavy atom. The molecular formula is C14H11N3O4. The zero-order valence-electron chi connectivity index (χ0n) is 10.9. The summed E-state index contributed by atoms with van der Waals surface area (Å²) in [6.45, 7) is -0.154. The molecule has 2 N–H and O–H groups in total. The first-order valence-corrected chi connectivity index (χ1v) is 6.30. The Balaban J connectivity index is 2.24. The number of nitrogens with one attached hydrogen (secondary N) is 1. The molecule has 0 aromatic heterocycles. The van der Waals surface area contributed by atoms with Crippen LogP contribution in [-0.4, -0.2) is 35.1 Å². The van der Waals surface area contributed by atoms with Crippen molar-refractivity contribution >= 4 is 28.3 Å². The highest BCUT2D eigenvalue weighted by Gasteiger charge is 2.33. The Hall–Kier alpha value is -2.64. The number of imide groups is 1. The number of carbonyl (C=O) groups is 2. The number of aliphatic hydroxyl groups excluding tert-OH is 1. The van der Waals surface area contributed by atoms with Crippen LogP contribution in [0.4, 0.5) is 5.69 Å². The van der Waals surface area contributed by atoms with Gasteiger partial charge >= 0.3 is 0 Å². The predicted octanol–water partition coefficient (Wildman–Crippen LogP) is 1.33. The van der Waals surface area contributed by atoms with E-state index in [2.05, 4.69) is 10.6 Å². The second kappa shape index (κ2) is 5.04. The lowest BCUT2D eigenvalue weighted by molar-refractivity contribution is 0.0509. The topological polar surface area (TPSA) is 99.1 Å². The van der Waals surface area contributed by atoms with Gasteiger partial charge in [0.25, 0.3) is 11.8 Å². The van der Waals surface area contributed by atoms with E-state index in [4.69, 9.17) is 5.11 Å². The molecule has 0 fully saturated rings. The van der Waals surface area contributed by atoms with Crippen LogP contribution in [-0.2, 0) is 0 Å². The first-order valence-electron chi connectivity index (χ1n) is 6.30. The number of amides is 2. The van der Waals surface area contributed by atoms with E-state index >= 15 is 0 Å². The second-order valence-electron chi connectivity index (χ2n) is 4.57. The van der Waals surface area contributed by atoms with Crippen molar-refractivity contribution in [1.82, 2.24) is 10.4 Å². The molecule has 0 radical (unpaired) electrons. The maximum Gasteiger partial charge on any atom is 0.276 e. The highest BCUT2D eigenvalue weighted by Crippen LogP contribution is 2.32. The molecule has 7 heteroatoms. The number of nitrogens with zero attached hydrogens (tertiary/aromatic N) is 2. The zero-order valence-corrected chi connectivity index (χ0v) is 10.9. The van der Waals surface area contributed by atoms with Gasteiger partial charge in [0, 0.05) is 11.9 Å². The van der Waals surface area contributed by atoms with Crippen molar-refractivity contribution in [1.29, 1.82) is 0 Å². The molecule has 0 saturated carbocycles. The van der Waals surface area contributed by atoms with E-state index in [0.29, 0.717) is 16.3 Å². The lowest BCUT2D eigenvalue weighted by atomic mass is 9.94. The van der Waals surface area contributed by atoms with Crippen molar-refractivity contribution in [3.63, 3.8) is 0 Å². The summed E-state index contributed by atoms with van der Waals surface area (Å²) >= 11 is 0. The van der Waals surface area contributed by atoms with Crippen LogP contribution >= 0.6 is 0 Å².